The van der Waals surface area contributed by atoms with Crippen molar-refractivity contribution in [2.45, 2.75) is 38.5 Å². The molecule has 39 heavy (non-hydrogen) atoms. The summed E-state index contributed by atoms with van der Waals surface area (Å²) in [7, 11) is 5.46. The topological polar surface area (TPSA) is 93.7 Å². The Morgan fingerprint density at radius 1 is 1.18 bits per heavy atom. The Morgan fingerprint density at radius 3 is 2.46 bits per heavy atom. The van der Waals surface area contributed by atoms with E-state index in [9.17, 15) is 22.8 Å². The number of aromatic nitrogens is 2. The minimum absolute atomic E-state index is 0.0686. The number of nitrogens with zero attached hydrogens (tertiary/aromatic N) is 5. The van der Waals surface area contributed by atoms with Gasteiger partial charge in [-0.1, -0.05) is 0 Å². The molecule has 2 unspecified atom stereocenters. The number of anilines is 3. The summed E-state index contributed by atoms with van der Waals surface area (Å²) in [6.07, 6.45) is -4.08. The molecule has 13 heteroatoms. The van der Waals surface area contributed by atoms with Gasteiger partial charge in [-0.3, -0.25) is 14.5 Å². The third kappa shape index (κ3) is 6.07. The van der Waals surface area contributed by atoms with Crippen LogP contribution in [-0.2, 0) is 9.59 Å². The summed E-state index contributed by atoms with van der Waals surface area (Å²) in [6.45, 7) is 4.64. The van der Waals surface area contributed by atoms with Crippen molar-refractivity contribution in [1.82, 2.24) is 20.2 Å². The number of carbonyl (C=O) groups excluding carboxylic acids is 2. The van der Waals surface area contributed by atoms with Crippen LogP contribution in [0.1, 0.15) is 20.3 Å². The Labute approximate surface area is 224 Å². The van der Waals surface area contributed by atoms with Crippen LogP contribution in [0.4, 0.5) is 34.9 Å². The predicted molar refractivity (Wildman–Crippen MR) is 140 cm³/mol. The number of alkyl halides is 3. The highest BCUT2D eigenvalue weighted by molar-refractivity contribution is 5.98. The number of nitrogens with one attached hydrogen (secondary N) is 2. The smallest absolute Gasteiger partial charge is 0.367 e. The number of carbonyl (C=O) groups is 2. The van der Waals surface area contributed by atoms with E-state index in [0.717, 1.165) is 0 Å². The van der Waals surface area contributed by atoms with E-state index in [1.807, 2.05) is 25.8 Å². The van der Waals surface area contributed by atoms with Crippen molar-refractivity contribution in [3.8, 4) is 11.3 Å². The van der Waals surface area contributed by atoms with E-state index in [2.05, 4.69) is 25.5 Å². The number of hydrogen-bond acceptors (Lipinski definition) is 7. The second kappa shape index (κ2) is 10.9. The fourth-order valence-electron chi connectivity index (χ4n) is 5.06. The maximum Gasteiger partial charge on any atom is 0.393 e. The lowest BCUT2D eigenvalue weighted by Crippen LogP contribution is -2.55. The van der Waals surface area contributed by atoms with Gasteiger partial charge in [0.1, 0.15) is 5.82 Å². The minimum atomic E-state index is -4.73. The van der Waals surface area contributed by atoms with Gasteiger partial charge in [0.2, 0.25) is 17.8 Å². The maximum absolute atomic E-state index is 15.6. The second-order valence-electron chi connectivity index (χ2n) is 10.5. The van der Waals surface area contributed by atoms with Crippen LogP contribution in [0.15, 0.2) is 24.4 Å². The molecule has 1 aromatic heterocycles. The predicted octanol–water partition coefficient (Wildman–Crippen LogP) is 3.13. The van der Waals surface area contributed by atoms with Gasteiger partial charge in [-0.2, -0.15) is 13.2 Å². The van der Waals surface area contributed by atoms with Crippen molar-refractivity contribution in [3.05, 3.63) is 30.2 Å². The molecule has 2 amide bonds. The Hall–Kier alpha value is -3.48. The zero-order valence-electron chi connectivity index (χ0n) is 22.5. The van der Waals surface area contributed by atoms with Crippen molar-refractivity contribution in [3.63, 3.8) is 0 Å². The second-order valence-corrected chi connectivity index (χ2v) is 10.5. The highest BCUT2D eigenvalue weighted by Gasteiger charge is 2.50. The van der Waals surface area contributed by atoms with Crippen LogP contribution in [0.5, 0.6) is 0 Å². The van der Waals surface area contributed by atoms with Gasteiger partial charge in [0, 0.05) is 64.0 Å². The summed E-state index contributed by atoms with van der Waals surface area (Å²) in [5.41, 5.74) is 0.857. The van der Waals surface area contributed by atoms with E-state index in [1.54, 1.807) is 19.0 Å². The fourth-order valence-corrected chi connectivity index (χ4v) is 5.06. The molecule has 3 heterocycles. The van der Waals surface area contributed by atoms with E-state index in [0.29, 0.717) is 24.7 Å². The zero-order valence-corrected chi connectivity index (χ0v) is 22.5. The van der Waals surface area contributed by atoms with E-state index < -0.39 is 48.6 Å². The molecule has 2 aliphatic rings. The van der Waals surface area contributed by atoms with Crippen LogP contribution in [0.2, 0.25) is 0 Å². The number of benzene rings is 1. The largest absolute Gasteiger partial charge is 0.393 e. The number of likely N-dealkylation sites (N-methyl/N-ethyl adjacent to an activating group) is 1. The Kier molecular flexibility index (Phi) is 8.01. The lowest BCUT2D eigenvalue weighted by atomic mass is 9.84. The van der Waals surface area contributed by atoms with Gasteiger partial charge in [-0.05, 0) is 39.1 Å². The van der Waals surface area contributed by atoms with Crippen molar-refractivity contribution >= 4 is 29.1 Å². The van der Waals surface area contributed by atoms with Crippen LogP contribution in [0, 0.1) is 17.7 Å². The third-order valence-electron chi connectivity index (χ3n) is 7.53. The summed E-state index contributed by atoms with van der Waals surface area (Å²) < 4.78 is 56.9. The van der Waals surface area contributed by atoms with Gasteiger partial charge in [-0.15, -0.1) is 0 Å². The lowest BCUT2D eigenvalue weighted by Gasteiger charge is -2.44. The number of piperidine rings is 1. The zero-order chi connectivity index (χ0) is 28.6. The van der Waals surface area contributed by atoms with E-state index in [1.165, 1.54) is 24.4 Å². The minimum Gasteiger partial charge on any atom is -0.367 e. The summed E-state index contributed by atoms with van der Waals surface area (Å²) in [4.78, 5) is 39.3. The quantitative estimate of drug-likeness (QED) is 0.552. The van der Waals surface area contributed by atoms with Crippen molar-refractivity contribution in [2.24, 2.45) is 11.8 Å². The molecule has 212 valence electrons. The van der Waals surface area contributed by atoms with Crippen LogP contribution in [-0.4, -0.2) is 85.7 Å². The summed E-state index contributed by atoms with van der Waals surface area (Å²) in [6, 6.07) is 4.42. The monoisotopic (exact) mass is 551 g/mol. The highest BCUT2D eigenvalue weighted by atomic mass is 19.4. The lowest BCUT2D eigenvalue weighted by molar-refractivity contribution is -0.197. The molecule has 0 aliphatic carbocycles. The Balaban J connectivity index is 1.76. The van der Waals surface area contributed by atoms with Crippen LogP contribution in [0.25, 0.3) is 11.3 Å². The number of hydrogen-bond donors (Lipinski definition) is 2. The molecule has 0 bridgehead atoms. The van der Waals surface area contributed by atoms with E-state index in [4.69, 9.17) is 0 Å². The first-order valence-electron chi connectivity index (χ1n) is 12.7. The van der Waals surface area contributed by atoms with Crippen LogP contribution < -0.4 is 20.4 Å². The average molecular weight is 552 g/mol. The first-order valence-corrected chi connectivity index (χ1v) is 12.7. The van der Waals surface area contributed by atoms with Gasteiger partial charge in [-0.25, -0.2) is 14.4 Å². The van der Waals surface area contributed by atoms with Crippen LogP contribution in [0.3, 0.4) is 0 Å². The summed E-state index contributed by atoms with van der Waals surface area (Å²) >= 11 is 0. The number of amides is 2. The Bertz CT molecular complexity index is 1230. The summed E-state index contributed by atoms with van der Waals surface area (Å²) in [5, 5.41) is 5.01. The fraction of sp³-hybridized carbons (Fsp3) is 0.538. The highest BCUT2D eigenvalue weighted by Crippen LogP contribution is 2.39. The van der Waals surface area contributed by atoms with Gasteiger partial charge in [0.15, 0.2) is 0 Å². The standard InChI is InChI=1S/C26H33F4N7O2/c1-14-12-37(13-15(2)36(14)5)22-10-19(27)16(20-6-7-31-25(34-20)35(3)4)8-21(22)33-24(39)17-11-32-23(38)9-18(17)26(28,29)30/h6-8,10,14-15,17-18H,9,11-13H2,1-5H3,(H,32,38)(H,33,39)/t14-,15+,17?,18?. The third-order valence-corrected chi connectivity index (χ3v) is 7.53. The van der Waals surface area contributed by atoms with Crippen LogP contribution >= 0.6 is 0 Å². The molecule has 0 spiro atoms. The molecule has 2 N–H and O–H groups in total. The molecule has 1 aromatic carbocycles. The molecule has 2 saturated heterocycles. The number of rotatable bonds is 5. The molecule has 2 aliphatic heterocycles. The van der Waals surface area contributed by atoms with Gasteiger partial charge in [0.05, 0.1) is 28.9 Å². The molecular weight excluding hydrogens is 518 g/mol. The van der Waals surface area contributed by atoms with Crippen molar-refractivity contribution < 1.29 is 27.2 Å². The first-order chi connectivity index (χ1) is 18.3. The molecule has 4 rings (SSSR count). The summed E-state index contributed by atoms with van der Waals surface area (Å²) in [5.74, 6) is -5.57. The number of piperazine rings is 1. The molecular formula is C26H33F4N7O2. The average Bonchev–Trinajstić information content (AvgIpc) is 2.87. The van der Waals surface area contributed by atoms with Crippen molar-refractivity contribution in [1.29, 1.82) is 0 Å². The molecule has 2 aromatic rings. The van der Waals surface area contributed by atoms with Gasteiger partial charge in [0.25, 0.3) is 0 Å². The normalized spacial score (nSPS) is 24.3. The van der Waals surface area contributed by atoms with Gasteiger partial charge < -0.3 is 20.4 Å². The maximum atomic E-state index is 15.6. The van der Waals surface area contributed by atoms with E-state index in [-0.39, 0.29) is 29.0 Å². The molecule has 0 saturated carbocycles. The molecule has 9 nitrogen and oxygen atoms in total. The first kappa shape index (κ1) is 28.5. The van der Waals surface area contributed by atoms with Crippen molar-refractivity contribution in [2.75, 3.05) is 55.9 Å². The number of halogens is 4. The van der Waals surface area contributed by atoms with E-state index >= 15 is 4.39 Å². The molecule has 0 radical (unpaired) electrons. The molecule has 4 atom stereocenters. The SMILES string of the molecule is C[C@@H]1CN(c2cc(F)c(-c3ccnc(N(C)C)n3)cc2NC(=O)C2CNC(=O)CC2C(F)(F)F)C[C@H](C)N1C. The Morgan fingerprint density at radius 2 is 1.85 bits per heavy atom. The van der Waals surface area contributed by atoms with Gasteiger partial charge >= 0.3 is 6.18 Å². The molecule has 2 fully saturated rings.